The number of amides is 2. The van der Waals surface area contributed by atoms with Crippen LogP contribution in [0.15, 0.2) is 60.8 Å². The highest BCUT2D eigenvalue weighted by atomic mass is 35.5. The Balaban J connectivity index is 1.48. The highest BCUT2D eigenvalue weighted by Crippen LogP contribution is 2.36. The van der Waals surface area contributed by atoms with E-state index < -0.39 is 34.4 Å². The Morgan fingerprint density at radius 2 is 1.66 bits per heavy atom. The first-order valence-electron chi connectivity index (χ1n) is 11.0. The summed E-state index contributed by atoms with van der Waals surface area (Å²) in [6.45, 7) is 0.154. The van der Waals surface area contributed by atoms with E-state index in [-0.39, 0.29) is 35.7 Å². The van der Waals surface area contributed by atoms with E-state index in [1.54, 1.807) is 6.07 Å². The largest absolute Gasteiger partial charge is 0.417 e. The lowest BCUT2D eigenvalue weighted by Crippen LogP contribution is -2.20. The molecule has 0 spiro atoms. The lowest BCUT2D eigenvalue weighted by Gasteiger charge is -2.13. The molecule has 1 aromatic heterocycles. The molecule has 0 saturated heterocycles. The van der Waals surface area contributed by atoms with Crippen molar-refractivity contribution in [3.63, 3.8) is 0 Å². The zero-order valence-corrected chi connectivity index (χ0v) is 20.0. The number of rotatable bonds is 7. The van der Waals surface area contributed by atoms with Crippen LogP contribution in [0.5, 0.6) is 0 Å². The molecule has 13 heteroatoms. The van der Waals surface area contributed by atoms with Crippen LogP contribution in [0.4, 0.5) is 39.5 Å². The number of nitrogens with zero attached hydrogens (tertiary/aromatic N) is 2. The van der Waals surface area contributed by atoms with Crippen molar-refractivity contribution < 1.29 is 32.3 Å². The topological polar surface area (TPSA) is 116 Å². The van der Waals surface area contributed by atoms with Crippen molar-refractivity contribution in [3.05, 3.63) is 88.3 Å². The second-order valence-electron chi connectivity index (χ2n) is 7.90. The third-order valence-electron chi connectivity index (χ3n) is 5.22. The minimum atomic E-state index is -4.71. The number of ketones is 1. The number of hydrogen-bond donors (Lipinski definition) is 4. The van der Waals surface area contributed by atoms with Gasteiger partial charge in [0.25, 0.3) is 0 Å². The fourth-order valence-electron chi connectivity index (χ4n) is 3.47. The molecule has 4 rings (SSSR count). The number of anilines is 3. The normalized spacial score (nSPS) is 11.3. The maximum absolute atomic E-state index is 14.8. The van der Waals surface area contributed by atoms with Gasteiger partial charge < -0.3 is 21.1 Å². The number of nitrogens with one attached hydrogen (secondary N) is 3. The Hall–Kier alpha value is -4.29. The standard InChI is InChI=1S/C25H18ClF4N5O3/c26-18-5-3-14(10-17(18)25(28,29)30)33-24(38)34-15-2-4-16(19(27)11-15)23(37)13-1-6-20-21(9-13)35-22(12-32-20)31-7-8-36/h1-6,9-12,36H,7-8H2,(H,31,35)(H2,33,34,38). The van der Waals surface area contributed by atoms with E-state index in [9.17, 15) is 27.2 Å². The number of fused-ring (bicyclic) bond motifs is 1. The average Bonchev–Trinajstić information content (AvgIpc) is 2.87. The Bertz CT molecular complexity index is 1530. The summed E-state index contributed by atoms with van der Waals surface area (Å²) in [4.78, 5) is 33.7. The molecule has 1 heterocycles. The van der Waals surface area contributed by atoms with Gasteiger partial charge in [-0.3, -0.25) is 9.78 Å². The van der Waals surface area contributed by atoms with E-state index in [0.29, 0.717) is 22.9 Å². The first kappa shape index (κ1) is 26.8. The SMILES string of the molecule is O=C(Nc1ccc(C(=O)c2ccc3ncc(NCCO)nc3c2)c(F)c1)Nc1ccc(Cl)c(C(F)(F)F)c1. The van der Waals surface area contributed by atoms with Crippen LogP contribution in [-0.4, -0.2) is 40.0 Å². The Morgan fingerprint density at radius 1 is 0.947 bits per heavy atom. The van der Waals surface area contributed by atoms with Gasteiger partial charge in [0.1, 0.15) is 11.6 Å². The zero-order chi connectivity index (χ0) is 27.4. The summed E-state index contributed by atoms with van der Waals surface area (Å²) in [5.74, 6) is -1.18. The summed E-state index contributed by atoms with van der Waals surface area (Å²) >= 11 is 5.57. The van der Waals surface area contributed by atoms with Crippen LogP contribution < -0.4 is 16.0 Å². The van der Waals surface area contributed by atoms with Gasteiger partial charge in [-0.1, -0.05) is 11.6 Å². The van der Waals surface area contributed by atoms with Crippen molar-refractivity contribution >= 4 is 51.6 Å². The van der Waals surface area contributed by atoms with Gasteiger partial charge in [-0.2, -0.15) is 13.2 Å². The smallest absolute Gasteiger partial charge is 0.395 e. The van der Waals surface area contributed by atoms with Gasteiger partial charge in [0.2, 0.25) is 0 Å². The number of halogens is 5. The number of alkyl halides is 3. The van der Waals surface area contributed by atoms with Crippen LogP contribution in [0.2, 0.25) is 5.02 Å². The van der Waals surface area contributed by atoms with Gasteiger partial charge in [-0.15, -0.1) is 0 Å². The summed E-state index contributed by atoms with van der Waals surface area (Å²) in [5, 5.41) is 15.8. The van der Waals surface area contributed by atoms with Gasteiger partial charge in [0, 0.05) is 23.5 Å². The zero-order valence-electron chi connectivity index (χ0n) is 19.2. The summed E-state index contributed by atoms with van der Waals surface area (Å²) in [5.41, 5.74) is -0.582. The number of aromatic nitrogens is 2. The van der Waals surface area contributed by atoms with E-state index in [2.05, 4.69) is 25.9 Å². The lowest BCUT2D eigenvalue weighted by atomic mass is 10.0. The third kappa shape index (κ3) is 6.15. The van der Waals surface area contributed by atoms with Crippen LogP contribution in [-0.2, 0) is 6.18 Å². The van der Waals surface area contributed by atoms with E-state index in [1.165, 1.54) is 36.5 Å². The summed E-state index contributed by atoms with van der Waals surface area (Å²) in [7, 11) is 0. The number of carbonyl (C=O) groups excluding carboxylic acids is 2. The lowest BCUT2D eigenvalue weighted by molar-refractivity contribution is -0.137. The molecule has 0 unspecified atom stereocenters. The predicted molar refractivity (Wildman–Crippen MR) is 134 cm³/mol. The van der Waals surface area contributed by atoms with Crippen LogP contribution in [0.1, 0.15) is 21.5 Å². The highest BCUT2D eigenvalue weighted by molar-refractivity contribution is 6.31. The average molecular weight is 548 g/mol. The minimum Gasteiger partial charge on any atom is -0.395 e. The number of benzene rings is 3. The van der Waals surface area contributed by atoms with Crippen LogP contribution >= 0.6 is 11.6 Å². The van der Waals surface area contributed by atoms with Gasteiger partial charge in [0.05, 0.1) is 40.0 Å². The summed E-state index contributed by atoms with van der Waals surface area (Å²) in [6.07, 6.45) is -3.24. The Labute approximate surface area is 217 Å². The number of hydrogen-bond acceptors (Lipinski definition) is 6. The van der Waals surface area contributed by atoms with E-state index in [0.717, 1.165) is 12.1 Å². The van der Waals surface area contributed by atoms with Crippen molar-refractivity contribution in [1.82, 2.24) is 9.97 Å². The molecule has 0 aliphatic carbocycles. The molecule has 0 aliphatic heterocycles. The molecular formula is C25H18ClF4N5O3. The molecule has 0 saturated carbocycles. The summed E-state index contributed by atoms with van der Waals surface area (Å²) < 4.78 is 53.9. The molecule has 0 atom stereocenters. The van der Waals surface area contributed by atoms with Crippen molar-refractivity contribution in [3.8, 4) is 0 Å². The summed E-state index contributed by atoms with van der Waals surface area (Å²) in [6, 6.07) is 9.75. The van der Waals surface area contributed by atoms with E-state index in [4.69, 9.17) is 16.7 Å². The molecule has 4 N–H and O–H groups in total. The van der Waals surface area contributed by atoms with E-state index in [1.807, 2.05) is 0 Å². The van der Waals surface area contributed by atoms with E-state index >= 15 is 0 Å². The molecule has 0 bridgehead atoms. The number of urea groups is 1. The molecule has 0 fully saturated rings. The Kier molecular flexibility index (Phi) is 7.74. The molecule has 4 aromatic rings. The second-order valence-corrected chi connectivity index (χ2v) is 8.31. The monoisotopic (exact) mass is 547 g/mol. The molecule has 0 aliphatic rings. The molecule has 3 aromatic carbocycles. The fraction of sp³-hybridized carbons (Fsp3) is 0.120. The van der Waals surface area contributed by atoms with Crippen molar-refractivity contribution in [2.45, 2.75) is 6.18 Å². The van der Waals surface area contributed by atoms with Gasteiger partial charge in [-0.05, 0) is 54.6 Å². The molecule has 2 amide bonds. The van der Waals surface area contributed by atoms with Crippen molar-refractivity contribution in [1.29, 1.82) is 0 Å². The molecule has 0 radical (unpaired) electrons. The molecule has 196 valence electrons. The van der Waals surface area contributed by atoms with Crippen molar-refractivity contribution in [2.24, 2.45) is 0 Å². The van der Waals surface area contributed by atoms with Gasteiger partial charge in [-0.25, -0.2) is 14.2 Å². The van der Waals surface area contributed by atoms with Gasteiger partial charge >= 0.3 is 12.2 Å². The van der Waals surface area contributed by atoms with Crippen LogP contribution in [0, 0.1) is 5.82 Å². The second kappa shape index (κ2) is 11.0. The van der Waals surface area contributed by atoms with Crippen LogP contribution in [0.25, 0.3) is 11.0 Å². The van der Waals surface area contributed by atoms with Gasteiger partial charge in [0.15, 0.2) is 5.78 Å². The Morgan fingerprint density at radius 3 is 2.34 bits per heavy atom. The molecule has 38 heavy (non-hydrogen) atoms. The van der Waals surface area contributed by atoms with Crippen molar-refractivity contribution in [2.75, 3.05) is 29.1 Å². The molecule has 8 nitrogen and oxygen atoms in total. The fourth-order valence-corrected chi connectivity index (χ4v) is 3.69. The first-order valence-corrected chi connectivity index (χ1v) is 11.3. The van der Waals surface area contributed by atoms with Crippen LogP contribution in [0.3, 0.4) is 0 Å². The third-order valence-corrected chi connectivity index (χ3v) is 5.55. The minimum absolute atomic E-state index is 0.0365. The predicted octanol–water partition coefficient (Wildman–Crippen LogP) is 5.72. The number of aliphatic hydroxyl groups excluding tert-OH is 1. The first-order chi connectivity index (χ1) is 18.0. The number of aliphatic hydroxyl groups is 1. The number of carbonyl (C=O) groups is 2. The molecular weight excluding hydrogens is 530 g/mol. The highest BCUT2D eigenvalue weighted by Gasteiger charge is 2.33. The quantitative estimate of drug-likeness (QED) is 0.174. The maximum atomic E-state index is 14.8. The maximum Gasteiger partial charge on any atom is 0.417 e.